The molecule has 0 amide bonds. The van der Waals surface area contributed by atoms with Gasteiger partial charge >= 0.3 is 8.09 Å². The molecule has 0 aliphatic rings. The van der Waals surface area contributed by atoms with Crippen LogP contribution in [0.25, 0.3) is 0 Å². The number of hydrogen-bond acceptors (Lipinski definition) is 5. The molecule has 0 bridgehead atoms. The van der Waals surface area contributed by atoms with Crippen LogP contribution in [0.3, 0.4) is 0 Å². The molecule has 80 valence electrons. The van der Waals surface area contributed by atoms with Crippen LogP contribution in [0.4, 0.5) is 5.95 Å². The van der Waals surface area contributed by atoms with Gasteiger partial charge in [0.1, 0.15) is 0 Å². The van der Waals surface area contributed by atoms with Gasteiger partial charge in [-0.05, 0) is 13.8 Å². The monoisotopic (exact) mass is 220 g/mol. The second-order valence-corrected chi connectivity index (χ2v) is 4.19. The lowest BCUT2D eigenvalue weighted by atomic mass is 10.9. The molecule has 0 spiro atoms. The molecular weight excluding hydrogens is 205 g/mol. The van der Waals surface area contributed by atoms with E-state index in [2.05, 4.69) is 15.1 Å². The SMILES string of the molecule is CCO[P+](O)(Nc1ncc[nH]1)OCC. The van der Waals surface area contributed by atoms with Gasteiger partial charge in [0.15, 0.2) is 0 Å². The van der Waals surface area contributed by atoms with Gasteiger partial charge in [-0.25, -0.2) is 4.98 Å². The molecule has 0 saturated carbocycles. The van der Waals surface area contributed by atoms with E-state index in [-0.39, 0.29) is 0 Å². The maximum atomic E-state index is 9.88. The third-order valence-electron chi connectivity index (χ3n) is 1.35. The fourth-order valence-corrected chi connectivity index (χ4v) is 2.21. The van der Waals surface area contributed by atoms with Crippen molar-refractivity contribution in [2.75, 3.05) is 18.3 Å². The smallest absolute Gasteiger partial charge is 0.328 e. The number of imidazole rings is 1. The third-order valence-corrected chi connectivity index (χ3v) is 3.06. The molecule has 1 rings (SSSR count). The van der Waals surface area contributed by atoms with Gasteiger partial charge in [-0.15, -0.1) is 5.09 Å². The predicted octanol–water partition coefficient (Wildman–Crippen LogP) is 1.56. The summed E-state index contributed by atoms with van der Waals surface area (Å²) in [6, 6.07) is 0. The number of rotatable bonds is 6. The molecule has 0 aliphatic heterocycles. The van der Waals surface area contributed by atoms with Crippen molar-refractivity contribution in [3.8, 4) is 0 Å². The minimum Gasteiger partial charge on any atom is -0.328 e. The van der Waals surface area contributed by atoms with Crippen LogP contribution in [-0.2, 0) is 9.05 Å². The fraction of sp³-hybridized carbons (Fsp3) is 0.571. The van der Waals surface area contributed by atoms with Crippen molar-refractivity contribution >= 4 is 14.0 Å². The number of nitrogens with one attached hydrogen (secondary N) is 2. The number of aromatic amines is 1. The minimum atomic E-state index is -3.00. The van der Waals surface area contributed by atoms with E-state index in [1.54, 1.807) is 26.2 Å². The molecule has 0 fully saturated rings. The third kappa shape index (κ3) is 3.23. The topological polar surface area (TPSA) is 79.4 Å². The van der Waals surface area contributed by atoms with Crippen molar-refractivity contribution in [1.82, 2.24) is 9.97 Å². The molecule has 1 aromatic heterocycles. The molecule has 0 saturated heterocycles. The lowest BCUT2D eigenvalue weighted by Crippen LogP contribution is -2.12. The van der Waals surface area contributed by atoms with Crippen molar-refractivity contribution in [1.29, 1.82) is 0 Å². The normalized spacial score (nSPS) is 11.6. The van der Waals surface area contributed by atoms with E-state index in [4.69, 9.17) is 9.05 Å². The fourth-order valence-electron chi connectivity index (χ4n) is 0.912. The van der Waals surface area contributed by atoms with Crippen molar-refractivity contribution < 1.29 is 13.9 Å². The highest BCUT2D eigenvalue weighted by atomic mass is 31.2. The van der Waals surface area contributed by atoms with Gasteiger partial charge in [0, 0.05) is 12.4 Å². The molecule has 0 aromatic carbocycles. The molecule has 1 aromatic rings. The van der Waals surface area contributed by atoms with E-state index in [0.29, 0.717) is 19.2 Å². The summed E-state index contributed by atoms with van der Waals surface area (Å²) in [5, 5.41) is 2.69. The van der Waals surface area contributed by atoms with E-state index in [1.807, 2.05) is 0 Å². The van der Waals surface area contributed by atoms with E-state index >= 15 is 0 Å². The summed E-state index contributed by atoms with van der Waals surface area (Å²) in [6.07, 6.45) is 3.22. The Kier molecular flexibility index (Phi) is 4.28. The van der Waals surface area contributed by atoms with Gasteiger partial charge in [0.05, 0.1) is 13.2 Å². The van der Waals surface area contributed by atoms with Gasteiger partial charge in [-0.1, -0.05) is 0 Å². The molecule has 6 nitrogen and oxygen atoms in total. The molecule has 0 radical (unpaired) electrons. The Balaban J connectivity index is 2.58. The largest absolute Gasteiger partial charge is 0.528 e. The lowest BCUT2D eigenvalue weighted by molar-refractivity contribution is 0.195. The average Bonchev–Trinajstić information content (AvgIpc) is 2.57. The second kappa shape index (κ2) is 5.26. The molecule has 7 heteroatoms. The molecule has 1 heterocycles. The van der Waals surface area contributed by atoms with Crippen molar-refractivity contribution in [3.05, 3.63) is 12.4 Å². The quantitative estimate of drug-likeness (QED) is 0.634. The highest BCUT2D eigenvalue weighted by Crippen LogP contribution is 2.55. The number of nitrogens with zero attached hydrogens (tertiary/aromatic N) is 1. The average molecular weight is 220 g/mol. The number of H-pyrrole nitrogens is 1. The van der Waals surface area contributed by atoms with Gasteiger partial charge in [-0.3, -0.25) is 0 Å². The number of anilines is 1. The van der Waals surface area contributed by atoms with Crippen LogP contribution < -0.4 is 5.09 Å². The first-order valence-electron chi connectivity index (χ1n) is 4.38. The Hall–Kier alpha value is -0.680. The van der Waals surface area contributed by atoms with Gasteiger partial charge < -0.3 is 4.98 Å². The Morgan fingerprint density at radius 1 is 1.50 bits per heavy atom. The summed E-state index contributed by atoms with van der Waals surface area (Å²) in [6.45, 7) is 4.32. The van der Waals surface area contributed by atoms with Crippen LogP contribution in [-0.4, -0.2) is 28.1 Å². The van der Waals surface area contributed by atoms with Crippen LogP contribution in [0.2, 0.25) is 0 Å². The van der Waals surface area contributed by atoms with E-state index in [1.165, 1.54) is 0 Å². The predicted molar refractivity (Wildman–Crippen MR) is 54.6 cm³/mol. The van der Waals surface area contributed by atoms with Crippen molar-refractivity contribution in [3.63, 3.8) is 0 Å². The Labute approximate surface area is 83.3 Å². The standard InChI is InChI=1S/C7H15N3O3P/c1-3-12-14(11,13-4-2)10-7-8-5-6-9-7/h5-6,11H,3-4H2,1-2H3,(H2,8,9,10)/q+1. The highest BCUT2D eigenvalue weighted by molar-refractivity contribution is 7.62. The van der Waals surface area contributed by atoms with E-state index in [0.717, 1.165) is 0 Å². The first kappa shape index (κ1) is 11.4. The van der Waals surface area contributed by atoms with Gasteiger partial charge in [0.2, 0.25) is 5.95 Å². The maximum absolute atomic E-state index is 9.88. The van der Waals surface area contributed by atoms with Crippen LogP contribution in [0.1, 0.15) is 13.8 Å². The Bertz CT molecular complexity index is 249. The minimum absolute atomic E-state index is 0.373. The summed E-state index contributed by atoms with van der Waals surface area (Å²) < 4.78 is 10.2. The summed E-state index contributed by atoms with van der Waals surface area (Å²) in [7, 11) is -3.00. The summed E-state index contributed by atoms with van der Waals surface area (Å²) in [5.74, 6) is 0.433. The molecular formula is C7H15N3O3P+. The lowest BCUT2D eigenvalue weighted by Gasteiger charge is -2.14. The zero-order valence-electron chi connectivity index (χ0n) is 8.23. The summed E-state index contributed by atoms with van der Waals surface area (Å²) in [4.78, 5) is 16.6. The van der Waals surface area contributed by atoms with Crippen molar-refractivity contribution in [2.45, 2.75) is 13.8 Å². The van der Waals surface area contributed by atoms with Crippen molar-refractivity contribution in [2.24, 2.45) is 0 Å². The molecule has 0 aliphatic carbocycles. The zero-order chi connectivity index (χ0) is 10.4. The van der Waals surface area contributed by atoms with Crippen LogP contribution >= 0.6 is 8.09 Å². The zero-order valence-corrected chi connectivity index (χ0v) is 9.12. The first-order chi connectivity index (χ1) is 6.70. The second-order valence-electron chi connectivity index (χ2n) is 2.41. The van der Waals surface area contributed by atoms with Crippen LogP contribution in [0, 0.1) is 0 Å². The summed E-state index contributed by atoms with van der Waals surface area (Å²) in [5.41, 5.74) is 0. The van der Waals surface area contributed by atoms with Crippen LogP contribution in [0.5, 0.6) is 0 Å². The Morgan fingerprint density at radius 2 is 2.14 bits per heavy atom. The molecule has 0 unspecified atom stereocenters. The maximum Gasteiger partial charge on any atom is 0.528 e. The van der Waals surface area contributed by atoms with Gasteiger partial charge in [-0.2, -0.15) is 13.9 Å². The highest BCUT2D eigenvalue weighted by Gasteiger charge is 2.42. The Morgan fingerprint density at radius 3 is 2.57 bits per heavy atom. The number of aromatic nitrogens is 2. The first-order valence-corrected chi connectivity index (χ1v) is 5.96. The van der Waals surface area contributed by atoms with E-state index in [9.17, 15) is 4.89 Å². The van der Waals surface area contributed by atoms with Crippen LogP contribution in [0.15, 0.2) is 12.4 Å². The number of hydrogen-bond donors (Lipinski definition) is 3. The van der Waals surface area contributed by atoms with E-state index < -0.39 is 8.09 Å². The van der Waals surface area contributed by atoms with Gasteiger partial charge in [0.25, 0.3) is 0 Å². The summed E-state index contributed by atoms with van der Waals surface area (Å²) >= 11 is 0. The molecule has 3 N–H and O–H groups in total. The molecule has 0 atom stereocenters. The molecule has 14 heavy (non-hydrogen) atoms.